The van der Waals surface area contributed by atoms with Crippen molar-refractivity contribution in [3.8, 4) is 11.5 Å². The Bertz CT molecular complexity index is 1230. The maximum Gasteiger partial charge on any atom is 0.300 e. The van der Waals surface area contributed by atoms with Gasteiger partial charge in [0.1, 0.15) is 17.3 Å². The second-order valence-electron chi connectivity index (χ2n) is 8.47. The highest BCUT2D eigenvalue weighted by molar-refractivity contribution is 6.51. The second-order valence-corrected chi connectivity index (χ2v) is 8.47. The van der Waals surface area contributed by atoms with Gasteiger partial charge in [-0.2, -0.15) is 0 Å². The van der Waals surface area contributed by atoms with Gasteiger partial charge in [-0.3, -0.25) is 14.5 Å². The average Bonchev–Trinajstić information content (AvgIpc) is 3.09. The lowest BCUT2D eigenvalue weighted by Crippen LogP contribution is -2.29. The first-order valence-corrected chi connectivity index (χ1v) is 11.3. The summed E-state index contributed by atoms with van der Waals surface area (Å²) in [6.45, 7) is 5.87. The number of carbonyl (C=O) groups is 2. The summed E-state index contributed by atoms with van der Waals surface area (Å²) in [6.07, 6.45) is 0.843. The molecule has 6 nitrogen and oxygen atoms in total. The SMILES string of the molecule is CCc1ccc(N2C(=O)C(=O)/C(=C(/O)c3ccc(OC(C)C)cc3)C2c2ccc(O)cc2)cc1. The molecule has 1 aliphatic heterocycles. The first-order chi connectivity index (χ1) is 16.3. The van der Waals surface area contributed by atoms with Crippen molar-refractivity contribution in [3.63, 3.8) is 0 Å². The van der Waals surface area contributed by atoms with E-state index in [1.54, 1.807) is 48.5 Å². The van der Waals surface area contributed by atoms with Gasteiger partial charge in [0.15, 0.2) is 0 Å². The number of phenols is 1. The summed E-state index contributed by atoms with van der Waals surface area (Å²) in [5.74, 6) is -1.05. The molecular weight excluding hydrogens is 430 g/mol. The number of ketones is 1. The molecule has 174 valence electrons. The highest BCUT2D eigenvalue weighted by Gasteiger charge is 2.46. The number of aromatic hydroxyl groups is 1. The fourth-order valence-corrected chi connectivity index (χ4v) is 4.08. The number of aliphatic hydroxyl groups is 1. The standard InChI is InChI=1S/C28H27NO5/c1-4-18-5-11-21(12-6-18)29-25(19-7-13-22(30)14-8-19)24(27(32)28(29)33)26(31)20-9-15-23(16-10-20)34-17(2)3/h5-17,25,30-31H,4H2,1-3H3/b26-24+. The molecule has 0 aliphatic carbocycles. The summed E-state index contributed by atoms with van der Waals surface area (Å²) < 4.78 is 5.66. The number of benzene rings is 3. The van der Waals surface area contributed by atoms with Gasteiger partial charge in [0.05, 0.1) is 17.7 Å². The van der Waals surface area contributed by atoms with Gasteiger partial charge in [0.25, 0.3) is 11.7 Å². The number of carbonyl (C=O) groups excluding carboxylic acids is 2. The molecule has 1 unspecified atom stereocenters. The van der Waals surface area contributed by atoms with E-state index in [1.165, 1.54) is 17.0 Å². The predicted octanol–water partition coefficient (Wildman–Crippen LogP) is 5.37. The highest BCUT2D eigenvalue weighted by Crippen LogP contribution is 2.42. The number of rotatable bonds is 6. The first kappa shape index (κ1) is 23.1. The third-order valence-electron chi connectivity index (χ3n) is 5.78. The minimum Gasteiger partial charge on any atom is -0.508 e. The first-order valence-electron chi connectivity index (χ1n) is 11.3. The van der Waals surface area contributed by atoms with E-state index in [2.05, 4.69) is 0 Å². The Kier molecular flexibility index (Phi) is 6.41. The van der Waals surface area contributed by atoms with Gasteiger partial charge in [0, 0.05) is 11.3 Å². The fourth-order valence-electron chi connectivity index (χ4n) is 4.08. The van der Waals surface area contributed by atoms with Crippen LogP contribution in [0.3, 0.4) is 0 Å². The molecule has 0 radical (unpaired) electrons. The van der Waals surface area contributed by atoms with E-state index in [0.717, 1.165) is 12.0 Å². The van der Waals surface area contributed by atoms with Crippen LogP contribution in [-0.4, -0.2) is 28.0 Å². The molecule has 1 amide bonds. The van der Waals surface area contributed by atoms with Crippen LogP contribution in [0.1, 0.15) is 43.5 Å². The van der Waals surface area contributed by atoms with E-state index in [0.29, 0.717) is 22.6 Å². The minimum atomic E-state index is -0.848. The topological polar surface area (TPSA) is 87.1 Å². The molecule has 1 aliphatic rings. The minimum absolute atomic E-state index is 0.00151. The monoisotopic (exact) mass is 457 g/mol. The Labute approximate surface area is 198 Å². The lowest BCUT2D eigenvalue weighted by Gasteiger charge is -2.25. The van der Waals surface area contributed by atoms with Crippen LogP contribution in [0, 0.1) is 0 Å². The van der Waals surface area contributed by atoms with Crippen molar-refractivity contribution in [3.05, 3.63) is 95.1 Å². The van der Waals surface area contributed by atoms with Gasteiger partial charge < -0.3 is 14.9 Å². The Morgan fingerprint density at radius 2 is 1.56 bits per heavy atom. The zero-order valence-electron chi connectivity index (χ0n) is 19.4. The van der Waals surface area contributed by atoms with E-state index < -0.39 is 17.7 Å². The quantitative estimate of drug-likeness (QED) is 0.295. The number of phenolic OH excluding ortho intramolecular Hbond substituents is 1. The number of anilines is 1. The molecule has 0 spiro atoms. The van der Waals surface area contributed by atoms with Gasteiger partial charge in [-0.25, -0.2) is 0 Å². The average molecular weight is 458 g/mol. The highest BCUT2D eigenvalue weighted by atomic mass is 16.5. The molecule has 1 saturated heterocycles. The number of nitrogens with zero attached hydrogens (tertiary/aromatic N) is 1. The molecule has 6 heteroatoms. The number of ether oxygens (including phenoxy) is 1. The van der Waals surface area contributed by atoms with E-state index >= 15 is 0 Å². The van der Waals surface area contributed by atoms with E-state index in [9.17, 15) is 19.8 Å². The molecule has 1 heterocycles. The fraction of sp³-hybridized carbons (Fsp3) is 0.214. The van der Waals surface area contributed by atoms with Crippen LogP contribution in [0.25, 0.3) is 5.76 Å². The third-order valence-corrected chi connectivity index (χ3v) is 5.78. The number of hydrogen-bond acceptors (Lipinski definition) is 5. The summed E-state index contributed by atoms with van der Waals surface area (Å²) in [6, 6.07) is 19.6. The number of aryl methyl sites for hydroxylation is 1. The zero-order valence-corrected chi connectivity index (χ0v) is 19.4. The Morgan fingerprint density at radius 3 is 2.12 bits per heavy atom. The van der Waals surface area contributed by atoms with Gasteiger partial charge in [-0.15, -0.1) is 0 Å². The number of Topliss-reactive ketones (excluding diaryl/α,β-unsaturated/α-hetero) is 1. The van der Waals surface area contributed by atoms with Crippen molar-refractivity contribution in [2.24, 2.45) is 0 Å². The maximum atomic E-state index is 13.2. The maximum absolute atomic E-state index is 13.2. The normalized spacial score (nSPS) is 17.4. The molecule has 4 rings (SSSR count). The summed E-state index contributed by atoms with van der Waals surface area (Å²) in [5, 5.41) is 21.0. The van der Waals surface area contributed by atoms with Crippen molar-refractivity contribution in [2.45, 2.75) is 39.3 Å². The molecule has 0 saturated carbocycles. The summed E-state index contributed by atoms with van der Waals surface area (Å²) in [4.78, 5) is 27.8. The van der Waals surface area contributed by atoms with E-state index in [1.807, 2.05) is 32.9 Å². The molecular formula is C28H27NO5. The van der Waals surface area contributed by atoms with Gasteiger partial charge >= 0.3 is 0 Å². The smallest absolute Gasteiger partial charge is 0.300 e. The largest absolute Gasteiger partial charge is 0.508 e. The van der Waals surface area contributed by atoms with Crippen molar-refractivity contribution in [2.75, 3.05) is 4.90 Å². The van der Waals surface area contributed by atoms with Crippen LogP contribution in [-0.2, 0) is 16.0 Å². The molecule has 2 N–H and O–H groups in total. The molecule has 1 atom stereocenters. The Morgan fingerprint density at radius 1 is 0.941 bits per heavy atom. The van der Waals surface area contributed by atoms with Crippen LogP contribution in [0.4, 0.5) is 5.69 Å². The van der Waals surface area contributed by atoms with Crippen LogP contribution >= 0.6 is 0 Å². The molecule has 0 aromatic heterocycles. The number of aliphatic hydroxyl groups excluding tert-OH is 1. The number of amides is 1. The Hall–Kier alpha value is -4.06. The van der Waals surface area contributed by atoms with Crippen LogP contribution in [0.2, 0.25) is 0 Å². The Balaban J connectivity index is 1.84. The lowest BCUT2D eigenvalue weighted by atomic mass is 9.95. The molecule has 3 aromatic rings. The van der Waals surface area contributed by atoms with Crippen molar-refractivity contribution < 1.29 is 24.5 Å². The van der Waals surface area contributed by atoms with Gasteiger partial charge in [0.2, 0.25) is 0 Å². The zero-order chi connectivity index (χ0) is 24.4. The van der Waals surface area contributed by atoms with Crippen LogP contribution < -0.4 is 9.64 Å². The van der Waals surface area contributed by atoms with Gasteiger partial charge in [-0.1, -0.05) is 31.2 Å². The molecule has 1 fully saturated rings. The molecule has 34 heavy (non-hydrogen) atoms. The van der Waals surface area contributed by atoms with Crippen molar-refractivity contribution in [1.82, 2.24) is 0 Å². The van der Waals surface area contributed by atoms with E-state index in [4.69, 9.17) is 4.74 Å². The molecule has 3 aromatic carbocycles. The lowest BCUT2D eigenvalue weighted by molar-refractivity contribution is -0.132. The second kappa shape index (κ2) is 9.43. The van der Waals surface area contributed by atoms with Crippen LogP contribution in [0.5, 0.6) is 11.5 Å². The summed E-state index contributed by atoms with van der Waals surface area (Å²) >= 11 is 0. The summed E-state index contributed by atoms with van der Waals surface area (Å²) in [7, 11) is 0. The van der Waals surface area contributed by atoms with Crippen molar-refractivity contribution in [1.29, 1.82) is 0 Å². The predicted molar refractivity (Wildman–Crippen MR) is 131 cm³/mol. The number of hydrogen-bond donors (Lipinski definition) is 2. The van der Waals surface area contributed by atoms with E-state index in [-0.39, 0.29) is 23.2 Å². The van der Waals surface area contributed by atoms with Crippen LogP contribution in [0.15, 0.2) is 78.4 Å². The third kappa shape index (κ3) is 4.39. The summed E-state index contributed by atoms with van der Waals surface area (Å²) in [5.41, 5.74) is 2.65. The van der Waals surface area contributed by atoms with Crippen molar-refractivity contribution >= 4 is 23.1 Å². The van der Waals surface area contributed by atoms with Gasteiger partial charge in [-0.05, 0) is 79.9 Å². The molecule has 0 bridgehead atoms.